The number of carbonyl (C=O) groups is 1. The third kappa shape index (κ3) is 4.43. The van der Waals surface area contributed by atoms with E-state index in [9.17, 15) is 4.79 Å². The normalized spacial score (nSPS) is 19.3. The van der Waals surface area contributed by atoms with Crippen LogP contribution in [0.25, 0.3) is 17.5 Å². The number of anilines is 1. The number of allylic oxidation sites excluding steroid dienone is 1. The van der Waals surface area contributed by atoms with Crippen LogP contribution < -0.4 is 4.90 Å². The van der Waals surface area contributed by atoms with E-state index in [-0.39, 0.29) is 12.1 Å². The average molecular weight is 425 g/mol. The van der Waals surface area contributed by atoms with Crippen molar-refractivity contribution >= 4 is 18.0 Å². The summed E-state index contributed by atoms with van der Waals surface area (Å²) in [4.78, 5) is 16.5. The van der Waals surface area contributed by atoms with Crippen LogP contribution in [-0.2, 0) is 4.74 Å². The number of ether oxygens (including phenoxy) is 1. The van der Waals surface area contributed by atoms with Gasteiger partial charge >= 0.3 is 6.09 Å². The van der Waals surface area contributed by atoms with E-state index in [1.807, 2.05) is 33.9 Å². The molecule has 1 fully saturated rings. The van der Waals surface area contributed by atoms with E-state index in [4.69, 9.17) is 4.74 Å². The Labute approximate surface area is 183 Å². The molecule has 1 aliphatic carbocycles. The quantitative estimate of drug-likeness (QED) is 0.794. The first-order chi connectivity index (χ1) is 14.7. The minimum Gasteiger partial charge on any atom is -0.444 e. The molecule has 8 nitrogen and oxygen atoms in total. The molecule has 31 heavy (non-hydrogen) atoms. The van der Waals surface area contributed by atoms with Gasteiger partial charge in [-0.15, -0.1) is 10.2 Å². The second kappa shape index (κ2) is 8.32. The zero-order chi connectivity index (χ0) is 22.2. The van der Waals surface area contributed by atoms with Crippen LogP contribution in [0.15, 0.2) is 18.3 Å². The summed E-state index contributed by atoms with van der Waals surface area (Å²) in [6.45, 7) is 9.56. The van der Waals surface area contributed by atoms with Crippen molar-refractivity contribution in [2.75, 3.05) is 25.0 Å². The molecule has 2 aromatic heterocycles. The van der Waals surface area contributed by atoms with Crippen molar-refractivity contribution in [3.63, 3.8) is 0 Å². The first-order valence-electron chi connectivity index (χ1n) is 11.0. The third-order valence-corrected chi connectivity index (χ3v) is 6.05. The van der Waals surface area contributed by atoms with Gasteiger partial charge < -0.3 is 14.5 Å². The maximum absolute atomic E-state index is 12.4. The molecule has 1 atom stereocenters. The number of H-pyrrole nitrogens is 1. The van der Waals surface area contributed by atoms with Crippen LogP contribution in [0.2, 0.25) is 0 Å². The monoisotopic (exact) mass is 424 g/mol. The Morgan fingerprint density at radius 2 is 2.00 bits per heavy atom. The van der Waals surface area contributed by atoms with E-state index in [2.05, 4.69) is 44.4 Å². The van der Waals surface area contributed by atoms with Crippen molar-refractivity contribution in [1.29, 1.82) is 0 Å². The molecule has 166 valence electrons. The average Bonchev–Trinajstić information content (AvgIpc) is 3.26. The van der Waals surface area contributed by atoms with Gasteiger partial charge in [-0.3, -0.25) is 5.10 Å². The molecule has 0 bridgehead atoms. The van der Waals surface area contributed by atoms with Crippen molar-refractivity contribution in [3.8, 4) is 11.4 Å². The van der Waals surface area contributed by atoms with Gasteiger partial charge in [0.1, 0.15) is 11.3 Å². The number of carbonyl (C=O) groups excluding carboxylic acids is 1. The van der Waals surface area contributed by atoms with Crippen LogP contribution in [0.4, 0.5) is 10.6 Å². The van der Waals surface area contributed by atoms with E-state index in [1.54, 1.807) is 11.1 Å². The van der Waals surface area contributed by atoms with Crippen molar-refractivity contribution < 1.29 is 9.53 Å². The predicted molar refractivity (Wildman–Crippen MR) is 121 cm³/mol. The minimum absolute atomic E-state index is 0.161. The second-order valence-corrected chi connectivity index (χ2v) is 9.52. The Balaban J connectivity index is 1.53. The van der Waals surface area contributed by atoms with Crippen LogP contribution in [0.1, 0.15) is 64.0 Å². The SMILES string of the molecule is CC1CC=Cc2c(N3CCC(N(C)C(=O)OC(C)(C)C)CC3)nnc(-c3ccn[nH]3)c21. The van der Waals surface area contributed by atoms with E-state index in [1.165, 1.54) is 5.56 Å². The molecule has 0 saturated carbocycles. The predicted octanol–water partition coefficient (Wildman–Crippen LogP) is 4.22. The van der Waals surface area contributed by atoms with E-state index in [0.717, 1.165) is 55.1 Å². The molecule has 1 saturated heterocycles. The van der Waals surface area contributed by atoms with Gasteiger partial charge in [0.2, 0.25) is 0 Å². The smallest absolute Gasteiger partial charge is 0.410 e. The molecule has 0 radical (unpaired) electrons. The minimum atomic E-state index is -0.486. The van der Waals surface area contributed by atoms with Gasteiger partial charge in [0, 0.05) is 37.9 Å². The number of fused-ring (bicyclic) bond motifs is 1. The number of piperidine rings is 1. The van der Waals surface area contributed by atoms with E-state index in [0.29, 0.717) is 5.92 Å². The molecule has 1 amide bonds. The van der Waals surface area contributed by atoms with E-state index < -0.39 is 5.60 Å². The second-order valence-electron chi connectivity index (χ2n) is 9.52. The fourth-order valence-electron chi connectivity index (χ4n) is 4.39. The molecular formula is C23H32N6O2. The number of amides is 1. The molecular weight excluding hydrogens is 392 g/mol. The van der Waals surface area contributed by atoms with Crippen molar-refractivity contribution in [1.82, 2.24) is 25.3 Å². The molecule has 2 aromatic rings. The lowest BCUT2D eigenvalue weighted by Crippen LogP contribution is -2.47. The number of aromatic nitrogens is 4. The molecule has 3 heterocycles. The van der Waals surface area contributed by atoms with Crippen LogP contribution in [-0.4, -0.2) is 63.2 Å². The van der Waals surface area contributed by atoms with Gasteiger partial charge in [-0.2, -0.15) is 5.10 Å². The Kier molecular flexibility index (Phi) is 5.73. The molecule has 4 rings (SSSR count). The molecule has 1 N–H and O–H groups in total. The summed E-state index contributed by atoms with van der Waals surface area (Å²) in [6.07, 6.45) is 8.61. The maximum Gasteiger partial charge on any atom is 0.410 e. The lowest BCUT2D eigenvalue weighted by atomic mass is 9.86. The van der Waals surface area contributed by atoms with Gasteiger partial charge in [-0.05, 0) is 57.6 Å². The third-order valence-electron chi connectivity index (χ3n) is 6.05. The summed E-state index contributed by atoms with van der Waals surface area (Å²) < 4.78 is 5.53. The van der Waals surface area contributed by atoms with Gasteiger partial charge in [-0.1, -0.05) is 19.1 Å². The summed E-state index contributed by atoms with van der Waals surface area (Å²) in [5.41, 5.74) is 3.67. The van der Waals surface area contributed by atoms with Crippen molar-refractivity contribution in [2.45, 2.75) is 64.5 Å². The molecule has 0 spiro atoms. The fourth-order valence-corrected chi connectivity index (χ4v) is 4.39. The number of hydrogen-bond acceptors (Lipinski definition) is 6. The Bertz CT molecular complexity index is 955. The first kappa shape index (κ1) is 21.3. The summed E-state index contributed by atoms with van der Waals surface area (Å²) in [6, 6.07) is 2.10. The Hall–Kier alpha value is -2.90. The summed E-state index contributed by atoms with van der Waals surface area (Å²) >= 11 is 0. The highest BCUT2D eigenvalue weighted by atomic mass is 16.6. The summed E-state index contributed by atoms with van der Waals surface area (Å²) in [5, 5.41) is 16.3. The van der Waals surface area contributed by atoms with Gasteiger partial charge in [0.05, 0.1) is 5.69 Å². The van der Waals surface area contributed by atoms with Crippen molar-refractivity contribution in [2.24, 2.45) is 0 Å². The van der Waals surface area contributed by atoms with Crippen LogP contribution in [0.3, 0.4) is 0 Å². The standard InChI is InChI=1S/C23H32N6O2/c1-15-7-6-8-17-19(15)20(18-9-12-24-25-18)26-27-21(17)29-13-10-16(11-14-29)28(5)22(30)31-23(2,3)4/h6,8-9,12,15-16H,7,10-11,13-14H2,1-5H3,(H,24,25). The topological polar surface area (TPSA) is 87.2 Å². The van der Waals surface area contributed by atoms with Gasteiger partial charge in [0.15, 0.2) is 5.82 Å². The van der Waals surface area contributed by atoms with E-state index >= 15 is 0 Å². The highest BCUT2D eigenvalue weighted by Gasteiger charge is 2.31. The number of nitrogens with one attached hydrogen (secondary N) is 1. The Morgan fingerprint density at radius 3 is 2.65 bits per heavy atom. The van der Waals surface area contributed by atoms with Crippen molar-refractivity contribution in [3.05, 3.63) is 29.5 Å². The molecule has 1 unspecified atom stereocenters. The summed E-state index contributed by atoms with van der Waals surface area (Å²) in [5.74, 6) is 1.29. The lowest BCUT2D eigenvalue weighted by molar-refractivity contribution is 0.0200. The molecule has 2 aliphatic rings. The summed E-state index contributed by atoms with van der Waals surface area (Å²) in [7, 11) is 1.83. The highest BCUT2D eigenvalue weighted by molar-refractivity contribution is 5.76. The molecule has 8 heteroatoms. The number of rotatable bonds is 3. The largest absolute Gasteiger partial charge is 0.444 e. The highest BCUT2D eigenvalue weighted by Crippen LogP contribution is 2.39. The maximum atomic E-state index is 12.4. The fraction of sp³-hybridized carbons (Fsp3) is 0.565. The number of nitrogens with zero attached hydrogens (tertiary/aromatic N) is 5. The van der Waals surface area contributed by atoms with Gasteiger partial charge in [0.25, 0.3) is 0 Å². The zero-order valence-electron chi connectivity index (χ0n) is 19.1. The lowest BCUT2D eigenvalue weighted by Gasteiger charge is -2.38. The molecule has 1 aliphatic heterocycles. The number of hydrogen-bond donors (Lipinski definition) is 1. The first-order valence-corrected chi connectivity index (χ1v) is 11.0. The zero-order valence-corrected chi connectivity index (χ0v) is 19.1. The van der Waals surface area contributed by atoms with Crippen LogP contribution in [0.5, 0.6) is 0 Å². The molecule has 0 aromatic carbocycles. The van der Waals surface area contributed by atoms with Crippen LogP contribution >= 0.6 is 0 Å². The van der Waals surface area contributed by atoms with Crippen LogP contribution in [0, 0.1) is 0 Å². The Morgan fingerprint density at radius 1 is 1.26 bits per heavy atom. The number of aromatic amines is 1. The van der Waals surface area contributed by atoms with Gasteiger partial charge in [-0.25, -0.2) is 4.79 Å².